The summed E-state index contributed by atoms with van der Waals surface area (Å²) >= 11 is 0. The lowest BCUT2D eigenvalue weighted by molar-refractivity contribution is -0.121. The van der Waals surface area contributed by atoms with Crippen LogP contribution in [0.1, 0.15) is 31.9 Å². The fraction of sp³-hybridized carbons (Fsp3) is 0.600. The Labute approximate surface area is 180 Å². The van der Waals surface area contributed by atoms with Gasteiger partial charge < -0.3 is 20.4 Å². The molecular formula is C20H34IN5O. The highest BCUT2D eigenvalue weighted by Crippen LogP contribution is 2.23. The first kappa shape index (κ1) is 23.5. The summed E-state index contributed by atoms with van der Waals surface area (Å²) in [5, 5.41) is 6.14. The minimum absolute atomic E-state index is 0. The lowest BCUT2D eigenvalue weighted by Gasteiger charge is -2.38. The largest absolute Gasteiger partial charge is 0.368 e. The first-order chi connectivity index (χ1) is 12.2. The Bertz CT molecular complexity index is 661. The van der Waals surface area contributed by atoms with Crippen LogP contribution < -0.4 is 15.5 Å². The van der Waals surface area contributed by atoms with Gasteiger partial charge in [-0.05, 0) is 51.8 Å². The van der Waals surface area contributed by atoms with Gasteiger partial charge in [-0.3, -0.25) is 9.79 Å². The fourth-order valence-electron chi connectivity index (χ4n) is 3.19. The molecule has 1 aromatic carbocycles. The van der Waals surface area contributed by atoms with E-state index in [9.17, 15) is 4.79 Å². The molecule has 0 saturated carbocycles. The Morgan fingerprint density at radius 3 is 2.33 bits per heavy atom. The Morgan fingerprint density at radius 2 is 1.78 bits per heavy atom. The second-order valence-electron chi connectivity index (χ2n) is 7.89. The van der Waals surface area contributed by atoms with Gasteiger partial charge in [0.15, 0.2) is 5.96 Å². The van der Waals surface area contributed by atoms with Gasteiger partial charge in [0.25, 0.3) is 0 Å². The number of guanidine groups is 1. The van der Waals surface area contributed by atoms with Crippen molar-refractivity contribution in [1.82, 2.24) is 15.5 Å². The highest BCUT2D eigenvalue weighted by atomic mass is 127. The third-order valence-corrected chi connectivity index (χ3v) is 4.63. The van der Waals surface area contributed by atoms with E-state index in [1.165, 1.54) is 16.8 Å². The monoisotopic (exact) mass is 487 g/mol. The van der Waals surface area contributed by atoms with Crippen molar-refractivity contribution >= 4 is 41.5 Å². The maximum Gasteiger partial charge on any atom is 0.239 e. The van der Waals surface area contributed by atoms with E-state index in [1.54, 1.807) is 7.05 Å². The van der Waals surface area contributed by atoms with Crippen molar-refractivity contribution in [2.24, 2.45) is 4.99 Å². The van der Waals surface area contributed by atoms with Gasteiger partial charge in [-0.1, -0.05) is 12.1 Å². The van der Waals surface area contributed by atoms with Gasteiger partial charge in [0.1, 0.15) is 0 Å². The van der Waals surface area contributed by atoms with Gasteiger partial charge in [-0.25, -0.2) is 0 Å². The number of nitrogens with zero attached hydrogens (tertiary/aromatic N) is 3. The maximum absolute atomic E-state index is 12.0. The SMILES string of the molecule is CN=C(NCC(=O)NC(C)(C)C)N1CCN(c2cccc(C)c2C)CC1.I. The van der Waals surface area contributed by atoms with Gasteiger partial charge in [-0.15, -0.1) is 24.0 Å². The van der Waals surface area contributed by atoms with Crippen molar-refractivity contribution in [2.45, 2.75) is 40.2 Å². The van der Waals surface area contributed by atoms with E-state index in [2.05, 4.69) is 57.5 Å². The molecule has 7 heteroatoms. The van der Waals surface area contributed by atoms with Crippen LogP contribution in [-0.4, -0.2) is 62.1 Å². The molecule has 1 fully saturated rings. The van der Waals surface area contributed by atoms with Gasteiger partial charge in [0.2, 0.25) is 5.91 Å². The van der Waals surface area contributed by atoms with Crippen LogP contribution >= 0.6 is 24.0 Å². The molecule has 1 aromatic rings. The van der Waals surface area contributed by atoms with Crippen LogP contribution in [0.3, 0.4) is 0 Å². The molecular weight excluding hydrogens is 453 g/mol. The molecule has 1 heterocycles. The van der Waals surface area contributed by atoms with Crippen molar-refractivity contribution < 1.29 is 4.79 Å². The normalized spacial score (nSPS) is 15.3. The summed E-state index contributed by atoms with van der Waals surface area (Å²) < 4.78 is 0. The quantitative estimate of drug-likeness (QED) is 0.391. The smallest absolute Gasteiger partial charge is 0.239 e. The molecule has 0 atom stereocenters. The molecule has 2 N–H and O–H groups in total. The average molecular weight is 487 g/mol. The van der Waals surface area contributed by atoms with E-state index in [-0.39, 0.29) is 42.0 Å². The standard InChI is InChI=1S/C20H33N5O.HI/c1-15-8-7-9-17(16(15)2)24-10-12-25(13-11-24)19(21-6)22-14-18(26)23-20(3,4)5;/h7-9H,10-14H2,1-6H3,(H,21,22)(H,23,26);1H. The molecule has 0 bridgehead atoms. The third-order valence-electron chi connectivity index (χ3n) is 4.63. The van der Waals surface area contributed by atoms with E-state index in [4.69, 9.17) is 0 Å². The Hall–Kier alpha value is -1.51. The van der Waals surface area contributed by atoms with Gasteiger partial charge >= 0.3 is 0 Å². The van der Waals surface area contributed by atoms with Crippen LogP contribution in [0.5, 0.6) is 0 Å². The summed E-state index contributed by atoms with van der Waals surface area (Å²) in [6.07, 6.45) is 0. The number of nitrogens with one attached hydrogen (secondary N) is 2. The number of carbonyl (C=O) groups excluding carboxylic acids is 1. The number of carbonyl (C=O) groups is 1. The van der Waals surface area contributed by atoms with Gasteiger partial charge in [-0.2, -0.15) is 0 Å². The second kappa shape index (κ2) is 10.1. The third kappa shape index (κ3) is 6.86. The summed E-state index contributed by atoms with van der Waals surface area (Å²) in [5.41, 5.74) is 3.77. The zero-order valence-electron chi connectivity index (χ0n) is 17.4. The van der Waals surface area contributed by atoms with Crippen molar-refractivity contribution in [3.63, 3.8) is 0 Å². The second-order valence-corrected chi connectivity index (χ2v) is 7.89. The number of rotatable bonds is 3. The van der Waals surface area contributed by atoms with Crippen LogP contribution in [-0.2, 0) is 4.79 Å². The molecule has 152 valence electrons. The van der Waals surface area contributed by atoms with Crippen LogP contribution in [0, 0.1) is 13.8 Å². The van der Waals surface area contributed by atoms with Gasteiger partial charge in [0.05, 0.1) is 6.54 Å². The molecule has 0 aromatic heterocycles. The average Bonchev–Trinajstić information content (AvgIpc) is 2.57. The van der Waals surface area contributed by atoms with Crippen molar-refractivity contribution in [1.29, 1.82) is 0 Å². The first-order valence-electron chi connectivity index (χ1n) is 9.29. The van der Waals surface area contributed by atoms with E-state index >= 15 is 0 Å². The summed E-state index contributed by atoms with van der Waals surface area (Å²) in [5.74, 6) is 0.766. The fourth-order valence-corrected chi connectivity index (χ4v) is 3.19. The number of anilines is 1. The van der Waals surface area contributed by atoms with E-state index < -0.39 is 0 Å². The highest BCUT2D eigenvalue weighted by Gasteiger charge is 2.22. The van der Waals surface area contributed by atoms with Gasteiger partial charge in [0, 0.05) is 44.5 Å². The molecule has 1 aliphatic heterocycles. The highest BCUT2D eigenvalue weighted by molar-refractivity contribution is 14.0. The molecule has 1 aliphatic rings. The molecule has 0 spiro atoms. The number of benzene rings is 1. The van der Waals surface area contributed by atoms with Crippen molar-refractivity contribution in [3.05, 3.63) is 29.3 Å². The van der Waals surface area contributed by atoms with E-state index in [0.717, 1.165) is 32.1 Å². The molecule has 0 unspecified atom stereocenters. The topological polar surface area (TPSA) is 60.0 Å². The number of hydrogen-bond donors (Lipinski definition) is 2. The molecule has 27 heavy (non-hydrogen) atoms. The molecule has 1 saturated heterocycles. The summed E-state index contributed by atoms with van der Waals surface area (Å²) in [7, 11) is 1.76. The number of hydrogen-bond acceptors (Lipinski definition) is 3. The zero-order chi connectivity index (χ0) is 19.3. The van der Waals surface area contributed by atoms with E-state index in [1.807, 2.05) is 20.8 Å². The molecule has 1 amide bonds. The summed E-state index contributed by atoms with van der Waals surface area (Å²) in [4.78, 5) is 21.0. The molecule has 2 rings (SSSR count). The van der Waals surface area contributed by atoms with Crippen LogP contribution in [0.25, 0.3) is 0 Å². The first-order valence-corrected chi connectivity index (χ1v) is 9.29. The van der Waals surface area contributed by atoms with Crippen LogP contribution in [0.2, 0.25) is 0 Å². The lowest BCUT2D eigenvalue weighted by Crippen LogP contribution is -2.54. The van der Waals surface area contributed by atoms with Crippen molar-refractivity contribution in [3.8, 4) is 0 Å². The predicted octanol–water partition coefficient (Wildman–Crippen LogP) is 2.53. The number of amides is 1. The summed E-state index contributed by atoms with van der Waals surface area (Å²) in [6, 6.07) is 6.48. The Morgan fingerprint density at radius 1 is 1.15 bits per heavy atom. The van der Waals surface area contributed by atoms with Crippen LogP contribution in [0.15, 0.2) is 23.2 Å². The minimum atomic E-state index is -0.223. The number of halogens is 1. The lowest BCUT2D eigenvalue weighted by atomic mass is 10.1. The van der Waals surface area contributed by atoms with Crippen LogP contribution in [0.4, 0.5) is 5.69 Å². The Balaban J connectivity index is 0.00000364. The molecule has 0 aliphatic carbocycles. The minimum Gasteiger partial charge on any atom is -0.368 e. The summed E-state index contributed by atoms with van der Waals surface area (Å²) in [6.45, 7) is 14.2. The van der Waals surface area contributed by atoms with E-state index in [0.29, 0.717) is 0 Å². The molecule has 0 radical (unpaired) electrons. The number of aliphatic imine (C=N–C) groups is 1. The zero-order valence-corrected chi connectivity index (χ0v) is 19.8. The predicted molar refractivity (Wildman–Crippen MR) is 124 cm³/mol. The number of piperazine rings is 1. The number of aryl methyl sites for hydroxylation is 1. The molecule has 6 nitrogen and oxygen atoms in total. The Kier molecular flexibility index (Phi) is 8.84. The maximum atomic E-state index is 12.0. The van der Waals surface area contributed by atoms with Crippen molar-refractivity contribution in [2.75, 3.05) is 44.7 Å².